The Labute approximate surface area is 364 Å². The molecule has 0 unspecified atom stereocenters. The average molecular weight is 805 g/mol. The largest absolute Gasteiger partial charge is 0.308 e. The second kappa shape index (κ2) is 16.0. The van der Waals surface area contributed by atoms with Crippen LogP contribution in [0.3, 0.4) is 0 Å². The van der Waals surface area contributed by atoms with Gasteiger partial charge in [-0.05, 0) is 53.6 Å². The summed E-state index contributed by atoms with van der Waals surface area (Å²) in [7, 11) is 0. The molecule has 3 heterocycles. The normalized spacial score (nSPS) is 11.2. The van der Waals surface area contributed by atoms with Crippen molar-refractivity contribution >= 4 is 21.8 Å². The fourth-order valence-electron chi connectivity index (χ4n) is 8.47. The highest BCUT2D eigenvalue weighted by molar-refractivity contribution is 6.11. The Morgan fingerprint density at radius 2 is 0.714 bits per heavy atom. The van der Waals surface area contributed by atoms with Crippen molar-refractivity contribution in [3.63, 3.8) is 0 Å². The highest BCUT2D eigenvalue weighted by Crippen LogP contribution is 2.43. The van der Waals surface area contributed by atoms with Gasteiger partial charge in [-0.2, -0.15) is 5.26 Å². The maximum Gasteiger partial charge on any atom is 0.162 e. The Kier molecular flexibility index (Phi) is 9.45. The van der Waals surface area contributed by atoms with Crippen LogP contribution in [0.25, 0.3) is 106 Å². The molecule has 0 saturated carbocycles. The second-order valence-electron chi connectivity index (χ2n) is 15.4. The average Bonchev–Trinajstić information content (AvgIpc) is 3.70. The monoisotopic (exact) mass is 804 g/mol. The quantitative estimate of drug-likeness (QED) is 0.153. The second-order valence-corrected chi connectivity index (χ2v) is 15.4. The molecule has 3 aromatic heterocycles. The summed E-state index contributed by atoms with van der Waals surface area (Å²) in [4.78, 5) is 21.4. The topological polar surface area (TPSA) is 80.3 Å². The molecule has 0 amide bonds. The van der Waals surface area contributed by atoms with Crippen molar-refractivity contribution in [2.24, 2.45) is 0 Å². The number of aromatic nitrogens is 5. The molecule has 6 heteroatoms. The van der Waals surface area contributed by atoms with E-state index in [1.807, 2.05) is 103 Å². The van der Waals surface area contributed by atoms with Crippen molar-refractivity contribution < 1.29 is 0 Å². The van der Waals surface area contributed by atoms with Gasteiger partial charge in [0.2, 0.25) is 0 Å². The fraction of sp³-hybridized carbons (Fsp3) is 0. The molecular weight excluding hydrogens is 769 g/mol. The summed E-state index contributed by atoms with van der Waals surface area (Å²) in [6.45, 7) is 0. The SMILES string of the molecule is N#Cc1cc(-c2nc(-c3ccccc3)cc(-c3ccccc3)n2)c(-n2c3ccccc3c3cc(-c4ccccc4)ccc32)c(-c2nc(-c3ccccc3)cc(-c3ccccc3)n2)c1. The maximum atomic E-state index is 10.9. The van der Waals surface area contributed by atoms with Crippen LogP contribution >= 0.6 is 0 Å². The lowest BCUT2D eigenvalue weighted by Gasteiger charge is -2.20. The molecule has 0 bridgehead atoms. The Hall–Kier alpha value is -8.79. The van der Waals surface area contributed by atoms with Crippen LogP contribution in [-0.2, 0) is 0 Å². The van der Waals surface area contributed by atoms with E-state index in [1.165, 1.54) is 0 Å². The zero-order valence-electron chi connectivity index (χ0n) is 34.0. The highest BCUT2D eigenvalue weighted by atomic mass is 15.0. The Morgan fingerprint density at radius 1 is 0.333 bits per heavy atom. The van der Waals surface area contributed by atoms with Gasteiger partial charge in [0.15, 0.2) is 11.6 Å². The van der Waals surface area contributed by atoms with E-state index in [9.17, 15) is 5.26 Å². The molecule has 0 spiro atoms. The first-order valence-corrected chi connectivity index (χ1v) is 20.9. The Balaban J connectivity index is 1.28. The minimum atomic E-state index is 0.431. The van der Waals surface area contributed by atoms with Gasteiger partial charge in [0.25, 0.3) is 0 Å². The number of hydrogen-bond acceptors (Lipinski definition) is 5. The molecule has 0 saturated heterocycles. The molecule has 0 aliphatic rings. The standard InChI is InChI=1S/C57H36N6/c58-37-38-32-47(56-59-49(40-20-8-2-9-21-40)35-50(60-56)41-22-10-3-11-23-41)55(63-53-29-17-16-28-45(53)46-34-44(30-31-54(46)63)39-18-6-1-7-19-39)48(33-38)57-61-51(42-24-12-4-13-25-42)36-52(62-57)43-26-14-5-15-27-43/h1-36H. The van der Waals surface area contributed by atoms with E-state index < -0.39 is 0 Å². The maximum absolute atomic E-state index is 10.9. The van der Waals surface area contributed by atoms with E-state index in [1.54, 1.807) is 0 Å². The van der Waals surface area contributed by atoms with Gasteiger partial charge < -0.3 is 4.57 Å². The van der Waals surface area contributed by atoms with Crippen molar-refractivity contribution in [2.75, 3.05) is 0 Å². The van der Waals surface area contributed by atoms with Crippen molar-refractivity contribution in [1.29, 1.82) is 5.26 Å². The lowest BCUT2D eigenvalue weighted by Crippen LogP contribution is -2.06. The number of para-hydroxylation sites is 1. The van der Waals surface area contributed by atoms with E-state index in [-0.39, 0.29) is 0 Å². The van der Waals surface area contributed by atoms with Crippen molar-refractivity contribution in [3.8, 4) is 90.7 Å². The summed E-state index contributed by atoms with van der Waals surface area (Å²) in [5, 5.41) is 13.0. The van der Waals surface area contributed by atoms with Crippen molar-refractivity contribution in [2.45, 2.75) is 0 Å². The van der Waals surface area contributed by atoms with E-state index in [0.717, 1.165) is 83.6 Å². The molecule has 8 aromatic carbocycles. The third-order valence-electron chi connectivity index (χ3n) is 11.5. The van der Waals surface area contributed by atoms with Gasteiger partial charge in [0, 0.05) is 44.2 Å². The number of rotatable bonds is 8. The van der Waals surface area contributed by atoms with Gasteiger partial charge >= 0.3 is 0 Å². The minimum absolute atomic E-state index is 0.431. The first-order valence-electron chi connectivity index (χ1n) is 20.9. The Bertz CT molecular complexity index is 3220. The van der Waals surface area contributed by atoms with Crippen molar-refractivity contribution in [3.05, 3.63) is 224 Å². The molecular formula is C57H36N6. The summed E-state index contributed by atoms with van der Waals surface area (Å²) in [6.07, 6.45) is 0. The molecule has 0 N–H and O–H groups in total. The van der Waals surface area contributed by atoms with E-state index in [2.05, 4.69) is 126 Å². The molecule has 0 aliphatic carbocycles. The lowest BCUT2D eigenvalue weighted by atomic mass is 9.99. The van der Waals surface area contributed by atoms with Crippen LogP contribution in [0.2, 0.25) is 0 Å². The first-order chi connectivity index (χ1) is 31.2. The van der Waals surface area contributed by atoms with Gasteiger partial charge in [-0.15, -0.1) is 0 Å². The van der Waals surface area contributed by atoms with E-state index in [0.29, 0.717) is 28.3 Å². The van der Waals surface area contributed by atoms with Crippen LogP contribution in [0.1, 0.15) is 5.56 Å². The summed E-state index contributed by atoms with van der Waals surface area (Å²) in [5.41, 5.74) is 13.6. The number of hydrogen-bond donors (Lipinski definition) is 0. The van der Waals surface area contributed by atoms with Crippen LogP contribution in [0.4, 0.5) is 0 Å². The highest BCUT2D eigenvalue weighted by Gasteiger charge is 2.26. The number of nitrogens with zero attached hydrogens (tertiary/aromatic N) is 6. The Morgan fingerprint density at radius 3 is 1.14 bits per heavy atom. The van der Waals surface area contributed by atoms with E-state index >= 15 is 0 Å². The summed E-state index contributed by atoms with van der Waals surface area (Å²) in [6, 6.07) is 76.6. The van der Waals surface area contributed by atoms with Gasteiger partial charge in [-0.1, -0.05) is 176 Å². The van der Waals surface area contributed by atoms with Crippen LogP contribution in [0.5, 0.6) is 0 Å². The molecule has 63 heavy (non-hydrogen) atoms. The van der Waals surface area contributed by atoms with Crippen LogP contribution in [0, 0.1) is 11.3 Å². The molecule has 11 rings (SSSR count). The molecule has 0 atom stereocenters. The van der Waals surface area contributed by atoms with E-state index in [4.69, 9.17) is 19.9 Å². The lowest BCUT2D eigenvalue weighted by molar-refractivity contribution is 1.12. The molecule has 11 aromatic rings. The molecule has 0 fully saturated rings. The predicted octanol–water partition coefficient (Wildman–Crippen LogP) is 13.9. The van der Waals surface area contributed by atoms with Gasteiger partial charge in [-0.25, -0.2) is 19.9 Å². The zero-order valence-corrected chi connectivity index (χ0v) is 34.0. The third-order valence-corrected chi connectivity index (χ3v) is 11.5. The van der Waals surface area contributed by atoms with Crippen LogP contribution < -0.4 is 0 Å². The molecule has 0 radical (unpaired) electrons. The minimum Gasteiger partial charge on any atom is -0.308 e. The fourth-order valence-corrected chi connectivity index (χ4v) is 8.47. The van der Waals surface area contributed by atoms with Gasteiger partial charge in [-0.3, -0.25) is 0 Å². The summed E-state index contributed by atoms with van der Waals surface area (Å²) < 4.78 is 2.28. The number of nitriles is 1. The summed E-state index contributed by atoms with van der Waals surface area (Å²) in [5.74, 6) is 0.941. The van der Waals surface area contributed by atoms with Crippen LogP contribution in [0.15, 0.2) is 218 Å². The smallest absolute Gasteiger partial charge is 0.162 e. The number of benzene rings is 8. The van der Waals surface area contributed by atoms with Crippen molar-refractivity contribution in [1.82, 2.24) is 24.5 Å². The third kappa shape index (κ3) is 7.00. The molecule has 6 nitrogen and oxygen atoms in total. The zero-order chi connectivity index (χ0) is 42.1. The molecule has 294 valence electrons. The predicted molar refractivity (Wildman–Crippen MR) is 255 cm³/mol. The van der Waals surface area contributed by atoms with Gasteiger partial charge in [0.05, 0.1) is 51.1 Å². The van der Waals surface area contributed by atoms with Gasteiger partial charge in [0.1, 0.15) is 0 Å². The summed E-state index contributed by atoms with van der Waals surface area (Å²) >= 11 is 0. The first kappa shape index (κ1) is 37.2. The molecule has 0 aliphatic heterocycles. The number of fused-ring (bicyclic) bond motifs is 3. The van der Waals surface area contributed by atoms with Crippen LogP contribution in [-0.4, -0.2) is 24.5 Å².